The van der Waals surface area contributed by atoms with E-state index in [-0.39, 0.29) is 34.0 Å². The quantitative estimate of drug-likeness (QED) is 0.351. The van der Waals surface area contributed by atoms with Gasteiger partial charge in [0.1, 0.15) is 16.4 Å². The Bertz CT molecular complexity index is 1870. The summed E-state index contributed by atoms with van der Waals surface area (Å²) < 4.78 is 34.4. The number of aromatic hydroxyl groups is 2. The molecule has 4 heterocycles. The number of hydrogen-bond donors (Lipinski definition) is 3. The molecule has 3 aliphatic heterocycles. The van der Waals surface area contributed by atoms with Gasteiger partial charge in [-0.15, -0.1) is 0 Å². The van der Waals surface area contributed by atoms with Gasteiger partial charge in [0, 0.05) is 63.1 Å². The summed E-state index contributed by atoms with van der Waals surface area (Å²) in [6, 6.07) is 11.6. The largest absolute Gasteiger partial charge is 0.508 e. The molecule has 15 heteroatoms. The van der Waals surface area contributed by atoms with Gasteiger partial charge in [-0.25, -0.2) is 18.2 Å². The van der Waals surface area contributed by atoms with Gasteiger partial charge in [0.2, 0.25) is 5.88 Å². The highest BCUT2D eigenvalue weighted by atomic mass is 32.2. The zero-order chi connectivity index (χ0) is 33.5. The summed E-state index contributed by atoms with van der Waals surface area (Å²) in [5, 5.41) is 33.0. The van der Waals surface area contributed by atoms with Crippen molar-refractivity contribution in [2.45, 2.75) is 29.3 Å². The van der Waals surface area contributed by atoms with Gasteiger partial charge in [-0.2, -0.15) is 9.57 Å². The maximum Gasteiger partial charge on any atom is 0.318 e. The second-order valence-corrected chi connectivity index (χ2v) is 13.6. The van der Waals surface area contributed by atoms with Crippen LogP contribution in [-0.4, -0.2) is 110 Å². The third kappa shape index (κ3) is 5.47. The molecule has 0 saturated carbocycles. The van der Waals surface area contributed by atoms with Gasteiger partial charge in [0.25, 0.3) is 15.9 Å². The molecular weight excluding hydrogens is 626 g/mol. The Balaban J connectivity index is 1.43. The second-order valence-electron chi connectivity index (χ2n) is 11.9. The molecule has 0 radical (unpaired) electrons. The Kier molecular flexibility index (Phi) is 8.43. The standard InChI is InChI=1S/C32H35N7O7S/c1-36-14-16-37(17-15-36)22-9-12-38(13-10-22)31(43)35-32(24-4-3-11-34-29(24)46-2)25-18-21(20-33)5-7-26(25)39(30(32)42)47(44,45)28-8-6-23(40)19-27(28)41/h3-8,11,18-19,22,40-41H,9-10,12-17H2,1-2H3,(H,35,43). The van der Waals surface area contributed by atoms with Gasteiger partial charge >= 0.3 is 6.03 Å². The number of rotatable bonds is 6. The number of nitriles is 1. The molecule has 1 atom stereocenters. The fourth-order valence-corrected chi connectivity index (χ4v) is 8.20. The van der Waals surface area contributed by atoms with E-state index >= 15 is 0 Å². The Morgan fingerprint density at radius 2 is 1.77 bits per heavy atom. The lowest BCUT2D eigenvalue weighted by molar-refractivity contribution is -0.121. The maximum absolute atomic E-state index is 14.9. The Morgan fingerprint density at radius 1 is 1.04 bits per heavy atom. The number of urea groups is 1. The first-order valence-electron chi connectivity index (χ1n) is 15.2. The number of hydrogen-bond acceptors (Lipinski definition) is 11. The number of piperazine rings is 1. The van der Waals surface area contributed by atoms with Crippen LogP contribution in [0.15, 0.2) is 59.6 Å². The number of amides is 3. The van der Waals surface area contributed by atoms with Crippen molar-refractivity contribution in [1.29, 1.82) is 5.26 Å². The number of likely N-dealkylation sites (N-methyl/N-ethyl adjacent to an activating group) is 1. The van der Waals surface area contributed by atoms with E-state index in [2.05, 4.69) is 27.1 Å². The number of anilines is 1. The number of methoxy groups -OCH3 is 1. The lowest BCUT2D eigenvalue weighted by atomic mass is 9.83. The predicted molar refractivity (Wildman–Crippen MR) is 169 cm³/mol. The summed E-state index contributed by atoms with van der Waals surface area (Å²) in [6.45, 7) is 4.67. The van der Waals surface area contributed by atoms with Crippen LogP contribution in [0, 0.1) is 11.3 Å². The van der Waals surface area contributed by atoms with Crippen LogP contribution in [0.4, 0.5) is 10.5 Å². The Hall–Kier alpha value is -4.91. The first-order chi connectivity index (χ1) is 22.5. The van der Waals surface area contributed by atoms with E-state index in [1.165, 1.54) is 43.6 Å². The molecule has 0 aliphatic carbocycles. The number of nitrogens with zero attached hydrogens (tertiary/aromatic N) is 6. The minimum Gasteiger partial charge on any atom is -0.508 e. The monoisotopic (exact) mass is 661 g/mol. The normalized spacial score (nSPS) is 20.9. The number of carbonyl (C=O) groups excluding carboxylic acids is 2. The number of pyridine rings is 1. The predicted octanol–water partition coefficient (Wildman–Crippen LogP) is 1.77. The van der Waals surface area contributed by atoms with E-state index < -0.39 is 38.1 Å². The number of benzene rings is 2. The van der Waals surface area contributed by atoms with Crippen molar-refractivity contribution < 1.29 is 33.0 Å². The van der Waals surface area contributed by atoms with E-state index in [9.17, 15) is 33.5 Å². The number of piperidine rings is 1. The van der Waals surface area contributed by atoms with Gasteiger partial charge in [-0.3, -0.25) is 9.69 Å². The average Bonchev–Trinajstić information content (AvgIpc) is 3.32. The van der Waals surface area contributed by atoms with E-state index in [0.29, 0.717) is 23.4 Å². The topological polar surface area (TPSA) is 180 Å². The minimum absolute atomic E-state index is 0.00960. The molecular formula is C32H35N7O7S. The van der Waals surface area contributed by atoms with Crippen LogP contribution in [0.5, 0.6) is 17.4 Å². The number of sulfonamides is 1. The number of nitrogens with one attached hydrogen (secondary N) is 1. The zero-order valence-corrected chi connectivity index (χ0v) is 26.8. The highest BCUT2D eigenvalue weighted by Gasteiger charge is 2.59. The van der Waals surface area contributed by atoms with Crippen molar-refractivity contribution in [3.05, 3.63) is 71.4 Å². The number of likely N-dealkylation sites (tertiary alicyclic amines) is 1. The molecule has 2 aromatic carbocycles. The van der Waals surface area contributed by atoms with Gasteiger partial charge in [0.15, 0.2) is 5.54 Å². The molecule has 6 rings (SSSR count). The third-order valence-corrected chi connectivity index (χ3v) is 10.9. The highest BCUT2D eigenvalue weighted by Crippen LogP contribution is 2.49. The highest BCUT2D eigenvalue weighted by molar-refractivity contribution is 7.93. The van der Waals surface area contributed by atoms with E-state index in [1.807, 2.05) is 6.07 Å². The number of ether oxygens (including phenoxy) is 1. The molecule has 1 aromatic heterocycles. The molecule has 3 N–H and O–H groups in total. The zero-order valence-electron chi connectivity index (χ0n) is 26.0. The van der Waals surface area contributed by atoms with Crippen LogP contribution in [0.1, 0.15) is 29.5 Å². The molecule has 3 aliphatic rings. The van der Waals surface area contributed by atoms with Crippen LogP contribution in [-0.2, 0) is 20.4 Å². The maximum atomic E-state index is 14.9. The van der Waals surface area contributed by atoms with Crippen molar-refractivity contribution in [2.75, 3.05) is 57.7 Å². The molecule has 3 aromatic rings. The van der Waals surface area contributed by atoms with Crippen LogP contribution < -0.4 is 14.4 Å². The van der Waals surface area contributed by atoms with Gasteiger partial charge < -0.3 is 30.1 Å². The molecule has 2 fully saturated rings. The fourth-order valence-electron chi connectivity index (χ4n) is 6.67. The number of fused-ring (bicyclic) bond motifs is 1. The summed E-state index contributed by atoms with van der Waals surface area (Å²) in [7, 11) is -1.42. The van der Waals surface area contributed by atoms with E-state index in [0.717, 1.165) is 57.2 Å². The fraction of sp³-hybridized carbons (Fsp3) is 0.375. The van der Waals surface area contributed by atoms with Gasteiger partial charge in [-0.1, -0.05) is 0 Å². The number of carbonyl (C=O) groups is 2. The van der Waals surface area contributed by atoms with E-state index in [1.54, 1.807) is 4.90 Å². The van der Waals surface area contributed by atoms with Crippen molar-refractivity contribution in [3.63, 3.8) is 0 Å². The summed E-state index contributed by atoms with van der Waals surface area (Å²) in [5.41, 5.74) is -2.17. The van der Waals surface area contributed by atoms with E-state index in [4.69, 9.17) is 4.74 Å². The summed E-state index contributed by atoms with van der Waals surface area (Å²) in [5.74, 6) is -2.31. The summed E-state index contributed by atoms with van der Waals surface area (Å²) in [4.78, 5) is 38.9. The summed E-state index contributed by atoms with van der Waals surface area (Å²) >= 11 is 0. The molecule has 0 spiro atoms. The van der Waals surface area contributed by atoms with Crippen molar-refractivity contribution in [2.24, 2.45) is 0 Å². The van der Waals surface area contributed by atoms with Gasteiger partial charge in [-0.05, 0) is 62.4 Å². The molecule has 0 bridgehead atoms. The number of phenols is 2. The van der Waals surface area contributed by atoms with Crippen LogP contribution in [0.25, 0.3) is 0 Å². The third-order valence-electron chi connectivity index (χ3n) is 9.18. The SMILES string of the molecule is COc1ncccc1C1(NC(=O)N2CCC(N3CCN(C)CC3)CC2)C(=O)N(S(=O)(=O)c2ccc(O)cc2O)c2ccc(C#N)cc21. The van der Waals surface area contributed by atoms with Crippen molar-refractivity contribution in [3.8, 4) is 23.4 Å². The molecule has 3 amide bonds. The van der Waals surface area contributed by atoms with Crippen molar-refractivity contribution >= 4 is 27.6 Å². The number of aromatic nitrogens is 1. The number of phenolic OH excluding ortho intramolecular Hbond substituents is 2. The Labute approximate surface area is 272 Å². The van der Waals surface area contributed by atoms with Crippen molar-refractivity contribution in [1.82, 2.24) is 25.0 Å². The minimum atomic E-state index is -4.85. The molecule has 1 unspecified atom stereocenters. The lowest BCUT2D eigenvalue weighted by Crippen LogP contribution is -2.59. The molecule has 14 nitrogen and oxygen atoms in total. The average molecular weight is 662 g/mol. The first-order valence-corrected chi connectivity index (χ1v) is 16.6. The summed E-state index contributed by atoms with van der Waals surface area (Å²) in [6.07, 6.45) is 2.88. The first kappa shape index (κ1) is 32.0. The van der Waals surface area contributed by atoms with Crippen LogP contribution in [0.2, 0.25) is 0 Å². The molecule has 2 saturated heterocycles. The second kappa shape index (κ2) is 12.4. The molecule has 246 valence electrons. The Morgan fingerprint density at radius 3 is 2.43 bits per heavy atom. The van der Waals surface area contributed by atoms with Crippen LogP contribution >= 0.6 is 0 Å². The smallest absolute Gasteiger partial charge is 0.318 e. The molecule has 47 heavy (non-hydrogen) atoms. The lowest BCUT2D eigenvalue weighted by Gasteiger charge is -2.42. The van der Waals surface area contributed by atoms with Gasteiger partial charge in [0.05, 0.1) is 30.0 Å². The van der Waals surface area contributed by atoms with Crippen LogP contribution in [0.3, 0.4) is 0 Å².